The smallest absolute Gasteiger partial charge is 0.251 e. The summed E-state index contributed by atoms with van der Waals surface area (Å²) in [6.45, 7) is 0. The van der Waals surface area contributed by atoms with Crippen LogP contribution in [-0.4, -0.2) is 16.9 Å². The SMILES string of the molecule is Nc1cc(C(=O)N[C@H]2CC[C@@H]3CCC[C@@H]32)ccn1. The average molecular weight is 245 g/mol. The molecule has 18 heavy (non-hydrogen) atoms. The summed E-state index contributed by atoms with van der Waals surface area (Å²) in [6, 6.07) is 3.71. The lowest BCUT2D eigenvalue weighted by molar-refractivity contribution is 0.0926. The Kier molecular flexibility index (Phi) is 2.94. The van der Waals surface area contributed by atoms with E-state index in [1.165, 1.54) is 25.7 Å². The standard InChI is InChI=1S/C14H19N3O/c15-13-8-10(6-7-16-13)14(18)17-12-5-4-9-2-1-3-11(9)12/h6-9,11-12H,1-5H2,(H2,15,16)(H,17,18)/t9-,11-,12-/m0/s1. The highest BCUT2D eigenvalue weighted by Gasteiger charge is 2.39. The van der Waals surface area contributed by atoms with E-state index in [0.717, 1.165) is 12.3 Å². The molecule has 2 fully saturated rings. The number of anilines is 1. The molecule has 4 nitrogen and oxygen atoms in total. The zero-order valence-corrected chi connectivity index (χ0v) is 10.4. The van der Waals surface area contributed by atoms with Gasteiger partial charge < -0.3 is 11.1 Å². The van der Waals surface area contributed by atoms with Crippen molar-refractivity contribution >= 4 is 11.7 Å². The molecule has 2 saturated carbocycles. The zero-order valence-electron chi connectivity index (χ0n) is 10.4. The number of hydrogen-bond donors (Lipinski definition) is 2. The van der Waals surface area contributed by atoms with Crippen LogP contribution in [0.4, 0.5) is 5.82 Å². The first-order chi connectivity index (χ1) is 8.74. The number of hydrogen-bond acceptors (Lipinski definition) is 3. The fraction of sp³-hybridized carbons (Fsp3) is 0.571. The second-order valence-electron chi connectivity index (χ2n) is 5.48. The third kappa shape index (κ3) is 2.07. The van der Waals surface area contributed by atoms with Gasteiger partial charge in [0.2, 0.25) is 0 Å². The first-order valence-corrected chi connectivity index (χ1v) is 6.76. The summed E-state index contributed by atoms with van der Waals surface area (Å²) >= 11 is 0. The average Bonchev–Trinajstić information content (AvgIpc) is 2.94. The number of aromatic nitrogens is 1. The number of carbonyl (C=O) groups excluding carboxylic acids is 1. The van der Waals surface area contributed by atoms with Gasteiger partial charge in [-0.15, -0.1) is 0 Å². The molecule has 3 atom stereocenters. The molecule has 1 amide bonds. The quantitative estimate of drug-likeness (QED) is 0.837. The van der Waals surface area contributed by atoms with Crippen molar-refractivity contribution < 1.29 is 4.79 Å². The number of amides is 1. The Hall–Kier alpha value is -1.58. The van der Waals surface area contributed by atoms with Gasteiger partial charge in [-0.25, -0.2) is 4.98 Å². The number of nitrogen functional groups attached to an aromatic ring is 1. The molecule has 0 saturated heterocycles. The van der Waals surface area contributed by atoms with Crippen molar-refractivity contribution in [1.82, 2.24) is 10.3 Å². The molecule has 2 aliphatic rings. The molecule has 96 valence electrons. The van der Waals surface area contributed by atoms with E-state index in [0.29, 0.717) is 23.3 Å². The van der Waals surface area contributed by atoms with Crippen LogP contribution in [0.15, 0.2) is 18.3 Å². The maximum atomic E-state index is 12.1. The second-order valence-corrected chi connectivity index (χ2v) is 5.48. The molecule has 3 N–H and O–H groups in total. The molecule has 0 aromatic carbocycles. The minimum atomic E-state index is -0.0124. The predicted molar refractivity (Wildman–Crippen MR) is 70.0 cm³/mol. The van der Waals surface area contributed by atoms with E-state index in [1.54, 1.807) is 18.3 Å². The lowest BCUT2D eigenvalue weighted by Crippen LogP contribution is -2.37. The molecule has 0 unspecified atom stereocenters. The molecular formula is C14H19N3O. The van der Waals surface area contributed by atoms with Crippen LogP contribution in [0.5, 0.6) is 0 Å². The molecule has 1 aromatic rings. The van der Waals surface area contributed by atoms with Crippen LogP contribution < -0.4 is 11.1 Å². The van der Waals surface area contributed by atoms with Crippen molar-refractivity contribution in [2.45, 2.75) is 38.1 Å². The molecule has 0 aliphatic heterocycles. The summed E-state index contributed by atoms with van der Waals surface area (Å²) in [4.78, 5) is 16.1. The van der Waals surface area contributed by atoms with Gasteiger partial charge in [-0.2, -0.15) is 0 Å². The first kappa shape index (κ1) is 11.5. The van der Waals surface area contributed by atoms with Gasteiger partial charge in [0.1, 0.15) is 5.82 Å². The number of carbonyl (C=O) groups is 1. The third-order valence-corrected chi connectivity index (χ3v) is 4.44. The van der Waals surface area contributed by atoms with E-state index in [4.69, 9.17) is 5.73 Å². The fourth-order valence-electron chi connectivity index (χ4n) is 3.58. The Morgan fingerprint density at radius 2 is 2.22 bits per heavy atom. The normalized spacial score (nSPS) is 30.1. The van der Waals surface area contributed by atoms with Crippen molar-refractivity contribution in [2.24, 2.45) is 11.8 Å². The number of fused-ring (bicyclic) bond motifs is 1. The fourth-order valence-corrected chi connectivity index (χ4v) is 3.58. The van der Waals surface area contributed by atoms with Crippen molar-refractivity contribution in [3.8, 4) is 0 Å². The number of nitrogens with zero attached hydrogens (tertiary/aromatic N) is 1. The molecule has 0 spiro atoms. The van der Waals surface area contributed by atoms with E-state index in [-0.39, 0.29) is 5.91 Å². The van der Waals surface area contributed by atoms with Crippen LogP contribution in [0.3, 0.4) is 0 Å². The summed E-state index contributed by atoms with van der Waals surface area (Å²) in [5.74, 6) is 1.93. The molecule has 0 bridgehead atoms. The third-order valence-electron chi connectivity index (χ3n) is 4.44. The van der Waals surface area contributed by atoms with Crippen molar-refractivity contribution in [2.75, 3.05) is 5.73 Å². The summed E-state index contributed by atoms with van der Waals surface area (Å²) in [5, 5.41) is 3.17. The molecule has 0 radical (unpaired) electrons. The van der Waals surface area contributed by atoms with Crippen LogP contribution in [0.25, 0.3) is 0 Å². The summed E-state index contributed by atoms with van der Waals surface area (Å²) in [6.07, 6.45) is 7.92. The number of rotatable bonds is 2. The van der Waals surface area contributed by atoms with Crippen molar-refractivity contribution in [3.63, 3.8) is 0 Å². The second kappa shape index (κ2) is 4.59. The van der Waals surface area contributed by atoms with Gasteiger partial charge in [-0.1, -0.05) is 12.8 Å². The molecule has 2 aliphatic carbocycles. The van der Waals surface area contributed by atoms with Gasteiger partial charge in [0.15, 0.2) is 0 Å². The van der Waals surface area contributed by atoms with Crippen LogP contribution in [0.2, 0.25) is 0 Å². The first-order valence-electron chi connectivity index (χ1n) is 6.76. The van der Waals surface area contributed by atoms with E-state index in [1.807, 2.05) is 0 Å². The van der Waals surface area contributed by atoms with Crippen LogP contribution in [0, 0.1) is 11.8 Å². The van der Waals surface area contributed by atoms with Crippen LogP contribution >= 0.6 is 0 Å². The maximum absolute atomic E-state index is 12.1. The largest absolute Gasteiger partial charge is 0.384 e. The summed E-state index contributed by atoms with van der Waals surface area (Å²) in [7, 11) is 0. The van der Waals surface area contributed by atoms with E-state index < -0.39 is 0 Å². The lowest BCUT2D eigenvalue weighted by Gasteiger charge is -2.20. The Balaban J connectivity index is 1.68. The number of pyridine rings is 1. The molecule has 3 rings (SSSR count). The van der Waals surface area contributed by atoms with Crippen molar-refractivity contribution in [1.29, 1.82) is 0 Å². The highest BCUT2D eigenvalue weighted by Crippen LogP contribution is 2.43. The molecule has 1 heterocycles. The Morgan fingerprint density at radius 3 is 3.06 bits per heavy atom. The van der Waals surface area contributed by atoms with Gasteiger partial charge >= 0.3 is 0 Å². The van der Waals surface area contributed by atoms with Crippen LogP contribution in [0.1, 0.15) is 42.5 Å². The number of nitrogens with two attached hydrogens (primary N) is 1. The van der Waals surface area contributed by atoms with Crippen LogP contribution in [-0.2, 0) is 0 Å². The van der Waals surface area contributed by atoms with E-state index >= 15 is 0 Å². The van der Waals surface area contributed by atoms with Gasteiger partial charge in [-0.3, -0.25) is 4.79 Å². The Labute approximate surface area is 107 Å². The minimum Gasteiger partial charge on any atom is -0.384 e. The Morgan fingerprint density at radius 1 is 1.33 bits per heavy atom. The van der Waals surface area contributed by atoms with Gasteiger partial charge in [0.05, 0.1) is 0 Å². The molecule has 4 heteroatoms. The van der Waals surface area contributed by atoms with Crippen molar-refractivity contribution in [3.05, 3.63) is 23.9 Å². The highest BCUT2D eigenvalue weighted by molar-refractivity contribution is 5.94. The summed E-state index contributed by atoms with van der Waals surface area (Å²) in [5.41, 5.74) is 6.21. The predicted octanol–water partition coefficient (Wildman–Crippen LogP) is 1.97. The molecular weight excluding hydrogens is 226 g/mol. The zero-order chi connectivity index (χ0) is 12.5. The minimum absolute atomic E-state index is 0.0124. The monoisotopic (exact) mass is 245 g/mol. The Bertz CT molecular complexity index is 460. The summed E-state index contributed by atoms with van der Waals surface area (Å²) < 4.78 is 0. The van der Waals surface area contributed by atoms with E-state index in [2.05, 4.69) is 10.3 Å². The lowest BCUT2D eigenvalue weighted by atomic mass is 9.97. The van der Waals surface area contributed by atoms with Gasteiger partial charge in [0.25, 0.3) is 5.91 Å². The maximum Gasteiger partial charge on any atom is 0.251 e. The van der Waals surface area contributed by atoms with Gasteiger partial charge in [0, 0.05) is 17.8 Å². The van der Waals surface area contributed by atoms with E-state index in [9.17, 15) is 4.79 Å². The topological polar surface area (TPSA) is 68.0 Å². The molecule has 1 aromatic heterocycles. The highest BCUT2D eigenvalue weighted by atomic mass is 16.1. The number of nitrogens with one attached hydrogen (secondary N) is 1. The van der Waals surface area contributed by atoms with Gasteiger partial charge in [-0.05, 0) is 43.2 Å².